The highest BCUT2D eigenvalue weighted by atomic mass is 35.5. The molecule has 0 fully saturated rings. The van der Waals surface area contributed by atoms with E-state index in [1.807, 2.05) is 25.1 Å². The zero-order valence-electron chi connectivity index (χ0n) is 10.0. The fourth-order valence-corrected chi connectivity index (χ4v) is 2.13. The van der Waals surface area contributed by atoms with Crippen LogP contribution in [0.5, 0.6) is 0 Å². The summed E-state index contributed by atoms with van der Waals surface area (Å²) in [5.74, 6) is -0.381. The van der Waals surface area contributed by atoms with Crippen molar-refractivity contribution in [1.82, 2.24) is 4.98 Å². The summed E-state index contributed by atoms with van der Waals surface area (Å²) in [7, 11) is 0. The maximum absolute atomic E-state index is 13.5. The van der Waals surface area contributed by atoms with E-state index >= 15 is 0 Å². The number of benzene rings is 1. The first-order chi connectivity index (χ1) is 8.58. The number of nitrogens with zero attached hydrogens (tertiary/aromatic N) is 1. The minimum atomic E-state index is -0.494. The van der Waals surface area contributed by atoms with Crippen molar-refractivity contribution in [3.8, 4) is 0 Å². The number of aromatic nitrogens is 1. The number of hydrogen-bond donors (Lipinski definition) is 1. The molecule has 2 rings (SSSR count). The van der Waals surface area contributed by atoms with Gasteiger partial charge >= 0.3 is 0 Å². The molecule has 1 aromatic carbocycles. The summed E-state index contributed by atoms with van der Waals surface area (Å²) in [4.78, 5) is 3.98. The van der Waals surface area contributed by atoms with Gasteiger partial charge in [-0.1, -0.05) is 23.7 Å². The molecule has 2 N–H and O–H groups in total. The minimum absolute atomic E-state index is 0.272. The summed E-state index contributed by atoms with van der Waals surface area (Å²) in [6, 6.07) is 8.16. The molecule has 0 saturated heterocycles. The summed E-state index contributed by atoms with van der Waals surface area (Å²) in [5, 5.41) is 0.654. The molecule has 1 atom stereocenters. The van der Waals surface area contributed by atoms with E-state index in [0.717, 1.165) is 11.1 Å². The highest BCUT2D eigenvalue weighted by Crippen LogP contribution is 2.23. The normalized spacial score (nSPS) is 12.4. The Morgan fingerprint density at radius 1 is 1.39 bits per heavy atom. The number of pyridine rings is 1. The number of hydrogen-bond acceptors (Lipinski definition) is 2. The Morgan fingerprint density at radius 3 is 2.83 bits per heavy atom. The summed E-state index contributed by atoms with van der Waals surface area (Å²) in [6.45, 7) is 1.97. The molecule has 2 nitrogen and oxygen atoms in total. The van der Waals surface area contributed by atoms with Gasteiger partial charge in [-0.15, -0.1) is 0 Å². The molecule has 0 amide bonds. The third kappa shape index (κ3) is 2.86. The molecule has 18 heavy (non-hydrogen) atoms. The van der Waals surface area contributed by atoms with Crippen molar-refractivity contribution in [2.75, 3.05) is 0 Å². The van der Waals surface area contributed by atoms with Crippen LogP contribution in [0.4, 0.5) is 4.39 Å². The van der Waals surface area contributed by atoms with Crippen LogP contribution in [0.2, 0.25) is 5.02 Å². The molecule has 1 heterocycles. The second kappa shape index (κ2) is 5.46. The average Bonchev–Trinajstić information content (AvgIpc) is 2.33. The van der Waals surface area contributed by atoms with Crippen LogP contribution in [0, 0.1) is 12.7 Å². The SMILES string of the molecule is Cc1ccc(CC(N)c2ncccc2F)c(Cl)c1. The second-order valence-electron chi connectivity index (χ2n) is 4.28. The van der Waals surface area contributed by atoms with Crippen LogP contribution in [0.25, 0.3) is 0 Å². The summed E-state index contributed by atoms with van der Waals surface area (Å²) in [6.07, 6.45) is 2.00. The van der Waals surface area contributed by atoms with E-state index in [0.29, 0.717) is 11.4 Å². The topological polar surface area (TPSA) is 38.9 Å². The largest absolute Gasteiger partial charge is 0.322 e. The molecule has 2 aromatic rings. The fourth-order valence-electron chi connectivity index (χ4n) is 1.82. The van der Waals surface area contributed by atoms with Gasteiger partial charge in [-0.05, 0) is 42.7 Å². The molecule has 0 saturated carbocycles. The molecule has 0 radical (unpaired) electrons. The number of halogens is 2. The summed E-state index contributed by atoms with van der Waals surface area (Å²) < 4.78 is 13.5. The van der Waals surface area contributed by atoms with E-state index in [-0.39, 0.29) is 11.5 Å². The van der Waals surface area contributed by atoms with Gasteiger partial charge in [0.05, 0.1) is 11.7 Å². The lowest BCUT2D eigenvalue weighted by Gasteiger charge is -2.13. The quantitative estimate of drug-likeness (QED) is 0.923. The van der Waals surface area contributed by atoms with Crippen LogP contribution >= 0.6 is 11.6 Å². The van der Waals surface area contributed by atoms with E-state index in [9.17, 15) is 4.39 Å². The third-order valence-corrected chi connectivity index (χ3v) is 3.14. The highest BCUT2D eigenvalue weighted by Gasteiger charge is 2.14. The first kappa shape index (κ1) is 13.0. The molecule has 0 spiro atoms. The predicted molar refractivity (Wildman–Crippen MR) is 71.0 cm³/mol. The molecule has 1 aromatic heterocycles. The molecule has 0 aliphatic carbocycles. The lowest BCUT2D eigenvalue weighted by Crippen LogP contribution is -2.16. The van der Waals surface area contributed by atoms with Crippen molar-refractivity contribution in [2.45, 2.75) is 19.4 Å². The molecule has 1 unspecified atom stereocenters. The Morgan fingerprint density at radius 2 is 2.17 bits per heavy atom. The lowest BCUT2D eigenvalue weighted by molar-refractivity contribution is 0.564. The zero-order valence-corrected chi connectivity index (χ0v) is 10.8. The van der Waals surface area contributed by atoms with E-state index < -0.39 is 6.04 Å². The lowest BCUT2D eigenvalue weighted by atomic mass is 10.0. The van der Waals surface area contributed by atoms with Crippen LogP contribution in [0.3, 0.4) is 0 Å². The van der Waals surface area contributed by atoms with Crippen molar-refractivity contribution in [2.24, 2.45) is 5.73 Å². The van der Waals surface area contributed by atoms with Crippen LogP contribution in [0.15, 0.2) is 36.5 Å². The maximum Gasteiger partial charge on any atom is 0.146 e. The van der Waals surface area contributed by atoms with Crippen molar-refractivity contribution >= 4 is 11.6 Å². The molecule has 0 aliphatic rings. The molecule has 94 valence electrons. The standard InChI is InChI=1S/C14H14ClFN2/c1-9-4-5-10(11(15)7-9)8-13(17)14-12(16)3-2-6-18-14/h2-7,13H,8,17H2,1H3. The van der Waals surface area contributed by atoms with Crippen molar-refractivity contribution in [1.29, 1.82) is 0 Å². The Bertz CT molecular complexity index is 557. The summed E-state index contributed by atoms with van der Waals surface area (Å²) >= 11 is 6.13. The van der Waals surface area contributed by atoms with E-state index in [2.05, 4.69) is 4.98 Å². The Kier molecular flexibility index (Phi) is 3.94. The minimum Gasteiger partial charge on any atom is -0.322 e. The second-order valence-corrected chi connectivity index (χ2v) is 4.68. The first-order valence-electron chi connectivity index (χ1n) is 5.69. The van der Waals surface area contributed by atoms with Gasteiger partial charge in [-0.25, -0.2) is 4.39 Å². The molecule has 4 heteroatoms. The van der Waals surface area contributed by atoms with Gasteiger partial charge in [0.1, 0.15) is 5.82 Å². The van der Waals surface area contributed by atoms with Gasteiger partial charge in [-0.3, -0.25) is 4.98 Å². The molecular weight excluding hydrogens is 251 g/mol. The van der Waals surface area contributed by atoms with Crippen LogP contribution < -0.4 is 5.73 Å². The fraction of sp³-hybridized carbons (Fsp3) is 0.214. The Hall–Kier alpha value is -1.45. The maximum atomic E-state index is 13.5. The predicted octanol–water partition coefficient (Wildman–Crippen LogP) is 3.43. The highest BCUT2D eigenvalue weighted by molar-refractivity contribution is 6.31. The van der Waals surface area contributed by atoms with Gasteiger partial charge in [-0.2, -0.15) is 0 Å². The van der Waals surface area contributed by atoms with Gasteiger partial charge in [0.15, 0.2) is 0 Å². The Balaban J connectivity index is 2.21. The van der Waals surface area contributed by atoms with Gasteiger partial charge in [0.25, 0.3) is 0 Å². The Labute approximate surface area is 111 Å². The monoisotopic (exact) mass is 264 g/mol. The first-order valence-corrected chi connectivity index (χ1v) is 6.06. The van der Waals surface area contributed by atoms with Gasteiger partial charge < -0.3 is 5.73 Å². The number of nitrogens with two attached hydrogens (primary N) is 1. The molecular formula is C14H14ClFN2. The smallest absolute Gasteiger partial charge is 0.146 e. The number of rotatable bonds is 3. The molecule has 0 bridgehead atoms. The third-order valence-electron chi connectivity index (χ3n) is 2.79. The van der Waals surface area contributed by atoms with E-state index in [1.165, 1.54) is 12.3 Å². The van der Waals surface area contributed by atoms with Crippen molar-refractivity contribution in [3.63, 3.8) is 0 Å². The van der Waals surface area contributed by atoms with Gasteiger partial charge in [0, 0.05) is 11.2 Å². The average molecular weight is 265 g/mol. The van der Waals surface area contributed by atoms with E-state index in [4.69, 9.17) is 17.3 Å². The molecule has 0 aliphatic heterocycles. The van der Waals surface area contributed by atoms with Gasteiger partial charge in [0.2, 0.25) is 0 Å². The van der Waals surface area contributed by atoms with Crippen molar-refractivity contribution < 1.29 is 4.39 Å². The van der Waals surface area contributed by atoms with Crippen LogP contribution in [-0.4, -0.2) is 4.98 Å². The van der Waals surface area contributed by atoms with Crippen LogP contribution in [0.1, 0.15) is 22.9 Å². The zero-order chi connectivity index (χ0) is 13.1. The van der Waals surface area contributed by atoms with E-state index in [1.54, 1.807) is 6.07 Å². The number of aryl methyl sites for hydroxylation is 1. The van der Waals surface area contributed by atoms with Crippen LogP contribution in [-0.2, 0) is 6.42 Å². The van der Waals surface area contributed by atoms with Crippen molar-refractivity contribution in [3.05, 3.63) is 64.2 Å². The summed E-state index contributed by atoms with van der Waals surface area (Å²) in [5.41, 5.74) is 8.23.